The van der Waals surface area contributed by atoms with E-state index in [1.165, 1.54) is 23.0 Å². The van der Waals surface area contributed by atoms with E-state index in [1.54, 1.807) is 0 Å². The van der Waals surface area contributed by atoms with Crippen molar-refractivity contribution >= 4 is 30.8 Å². The minimum atomic E-state index is -3.74. The molecule has 0 aliphatic rings. The molecule has 0 bridgehead atoms. The van der Waals surface area contributed by atoms with Gasteiger partial charge in [-0.1, -0.05) is 26.2 Å². The van der Waals surface area contributed by atoms with Crippen LogP contribution in [-0.2, 0) is 11.9 Å². The first-order chi connectivity index (χ1) is 5.62. The van der Waals surface area contributed by atoms with E-state index in [4.69, 9.17) is 4.89 Å². The van der Waals surface area contributed by atoms with E-state index < -0.39 is 7.82 Å². The number of rotatable bonds is 7. The van der Waals surface area contributed by atoms with E-state index in [9.17, 15) is 4.57 Å². The molecule has 0 saturated heterocycles. The number of hydrogen-bond donors (Lipinski definition) is 1. The summed E-state index contributed by atoms with van der Waals surface area (Å²) in [6, 6.07) is 0. The minimum Gasteiger partial charge on any atom is -1.00 e. The van der Waals surface area contributed by atoms with Gasteiger partial charge in [0.25, 0.3) is 0 Å². The maximum absolute atomic E-state index is 10.7. The van der Waals surface area contributed by atoms with Crippen molar-refractivity contribution in [2.45, 2.75) is 32.6 Å². The summed E-state index contributed by atoms with van der Waals surface area (Å²) < 4.78 is 19.5. The van der Waals surface area contributed by atoms with Gasteiger partial charge in [-0.25, -0.2) is 7.42 Å². The van der Waals surface area contributed by atoms with Crippen molar-refractivity contribution in [2.75, 3.05) is 6.61 Å². The standard InChI is InChI=1S/C6H14IO4P.Na.H/c1-2-3-4-5-6-10-12(8,9)11-7;;/h2-6H2,1H3,(H,8,9);;/q;+1;-1. The van der Waals surface area contributed by atoms with Gasteiger partial charge in [-0.3, -0.25) is 4.52 Å². The van der Waals surface area contributed by atoms with Crippen molar-refractivity contribution in [2.24, 2.45) is 0 Å². The van der Waals surface area contributed by atoms with Gasteiger partial charge >= 0.3 is 37.4 Å². The Morgan fingerprint density at radius 1 is 1.46 bits per heavy atom. The molecule has 1 N–H and O–H groups in total. The van der Waals surface area contributed by atoms with Gasteiger partial charge in [-0.2, -0.15) is 0 Å². The number of hydrogen-bond acceptors (Lipinski definition) is 3. The average Bonchev–Trinajstić information content (AvgIpc) is 2.04. The summed E-state index contributed by atoms with van der Waals surface area (Å²) in [5.74, 6) is 0. The molecule has 0 aromatic heterocycles. The predicted octanol–water partition coefficient (Wildman–Crippen LogP) is 0.167. The quantitative estimate of drug-likeness (QED) is 0.313. The van der Waals surface area contributed by atoms with Crippen LogP contribution in [0.3, 0.4) is 0 Å². The van der Waals surface area contributed by atoms with Gasteiger partial charge in [-0.15, -0.1) is 0 Å². The van der Waals surface area contributed by atoms with Gasteiger partial charge in [0.1, 0.15) is 23.0 Å². The normalized spacial score (nSPS) is 14.7. The molecule has 0 spiro atoms. The van der Waals surface area contributed by atoms with Gasteiger partial charge < -0.3 is 6.32 Å². The fraction of sp³-hybridized carbons (Fsp3) is 1.00. The summed E-state index contributed by atoms with van der Waals surface area (Å²) in [4.78, 5) is 8.78. The van der Waals surface area contributed by atoms with E-state index in [-0.39, 0.29) is 37.6 Å². The fourth-order valence-electron chi connectivity index (χ4n) is 0.729. The average molecular weight is 332 g/mol. The Balaban J connectivity index is -0.000000605. The molecule has 0 aliphatic carbocycles. The van der Waals surface area contributed by atoms with Gasteiger partial charge in [0.2, 0.25) is 0 Å². The molecule has 0 fully saturated rings. The fourth-order valence-corrected chi connectivity index (χ4v) is 1.47. The summed E-state index contributed by atoms with van der Waals surface area (Å²) in [5, 5.41) is 0. The largest absolute Gasteiger partial charge is 1.00 e. The van der Waals surface area contributed by atoms with E-state index in [1.807, 2.05) is 0 Å². The molecule has 0 aromatic carbocycles. The Labute approximate surface area is 117 Å². The van der Waals surface area contributed by atoms with Crippen LogP contribution in [0.1, 0.15) is 34.0 Å². The molecule has 0 amide bonds. The molecule has 76 valence electrons. The monoisotopic (exact) mass is 332 g/mol. The molecule has 7 heteroatoms. The molecular weight excluding hydrogens is 317 g/mol. The Morgan fingerprint density at radius 3 is 2.54 bits per heavy atom. The van der Waals surface area contributed by atoms with Crippen LogP contribution < -0.4 is 29.6 Å². The minimum absolute atomic E-state index is 0. The molecule has 0 rings (SSSR count). The van der Waals surface area contributed by atoms with Crippen LogP contribution in [0.4, 0.5) is 0 Å². The van der Waals surface area contributed by atoms with E-state index in [0.717, 1.165) is 25.7 Å². The van der Waals surface area contributed by atoms with Crippen LogP contribution in [0.25, 0.3) is 0 Å². The zero-order chi connectivity index (χ0) is 9.45. The van der Waals surface area contributed by atoms with Crippen LogP contribution in [0, 0.1) is 0 Å². The van der Waals surface area contributed by atoms with Gasteiger partial charge in [0, 0.05) is 0 Å². The zero-order valence-corrected chi connectivity index (χ0v) is 13.1. The van der Waals surface area contributed by atoms with Crippen molar-refractivity contribution in [3.8, 4) is 0 Å². The molecule has 0 heterocycles. The number of unbranched alkanes of at least 4 members (excludes halogenated alkanes) is 3. The van der Waals surface area contributed by atoms with Crippen molar-refractivity contribution in [1.29, 1.82) is 0 Å². The van der Waals surface area contributed by atoms with Gasteiger partial charge in [-0.05, 0) is 6.42 Å². The van der Waals surface area contributed by atoms with Crippen LogP contribution >= 0.6 is 30.8 Å². The molecule has 0 radical (unpaired) electrons. The summed E-state index contributed by atoms with van der Waals surface area (Å²) in [6.45, 7) is 2.39. The summed E-state index contributed by atoms with van der Waals surface area (Å²) >= 11 is 1.36. The second-order valence-electron chi connectivity index (χ2n) is 2.43. The Bertz CT molecular complexity index is 163. The van der Waals surface area contributed by atoms with E-state index in [0.29, 0.717) is 0 Å². The number of phosphoric ester groups is 1. The molecule has 13 heavy (non-hydrogen) atoms. The number of halogens is 1. The topological polar surface area (TPSA) is 55.8 Å². The molecule has 1 atom stereocenters. The van der Waals surface area contributed by atoms with Crippen molar-refractivity contribution in [3.63, 3.8) is 0 Å². The van der Waals surface area contributed by atoms with Crippen molar-refractivity contribution in [3.05, 3.63) is 0 Å². The SMILES string of the molecule is CCCCCCOP(=O)(O)OI.[H-].[Na+]. The third-order valence-corrected chi connectivity index (χ3v) is 3.52. The molecule has 0 aliphatic heterocycles. The maximum atomic E-state index is 10.7. The summed E-state index contributed by atoms with van der Waals surface area (Å²) in [6.07, 6.45) is 4.10. The van der Waals surface area contributed by atoms with Crippen molar-refractivity contribution in [1.82, 2.24) is 0 Å². The predicted molar refractivity (Wildman–Crippen MR) is 56.1 cm³/mol. The van der Waals surface area contributed by atoms with Crippen LogP contribution in [0.5, 0.6) is 0 Å². The van der Waals surface area contributed by atoms with Crippen LogP contribution in [0.2, 0.25) is 0 Å². The Kier molecular flexibility index (Phi) is 13.7. The van der Waals surface area contributed by atoms with Gasteiger partial charge in [0.05, 0.1) is 6.61 Å². The van der Waals surface area contributed by atoms with Crippen molar-refractivity contribution < 1.29 is 47.8 Å². The third-order valence-electron chi connectivity index (χ3n) is 1.34. The van der Waals surface area contributed by atoms with Crippen LogP contribution in [-0.4, -0.2) is 11.5 Å². The number of phosphoric acid groups is 1. The van der Waals surface area contributed by atoms with E-state index in [2.05, 4.69) is 14.3 Å². The molecule has 0 aromatic rings. The second-order valence-corrected chi connectivity index (χ2v) is 4.95. The molecule has 0 saturated carbocycles. The summed E-state index contributed by atoms with van der Waals surface area (Å²) in [7, 11) is -3.74. The smallest absolute Gasteiger partial charge is 1.00 e. The van der Waals surface area contributed by atoms with Gasteiger partial charge in [0.15, 0.2) is 0 Å². The summed E-state index contributed by atoms with van der Waals surface area (Å²) in [5.41, 5.74) is 0. The van der Waals surface area contributed by atoms with E-state index >= 15 is 0 Å². The zero-order valence-electron chi connectivity index (χ0n) is 9.03. The Hall–Kier alpha value is 1.84. The Morgan fingerprint density at radius 2 is 2.08 bits per heavy atom. The third kappa shape index (κ3) is 11.8. The first-order valence-electron chi connectivity index (χ1n) is 3.90. The first kappa shape index (κ1) is 17.2. The van der Waals surface area contributed by atoms with Crippen LogP contribution in [0.15, 0.2) is 0 Å². The molecule has 1 unspecified atom stereocenters. The molecule has 4 nitrogen and oxygen atoms in total. The molecular formula is C6H15INaO4P. The second kappa shape index (κ2) is 10.4. The maximum Gasteiger partial charge on any atom is 1.00 e. The first-order valence-corrected chi connectivity index (χ1v) is 6.27.